The monoisotopic (exact) mass is 1050 g/mol. The first-order valence-electron chi connectivity index (χ1n) is 25.0. The van der Waals surface area contributed by atoms with E-state index >= 15 is 0 Å². The number of halogens is 1. The zero-order chi connectivity index (χ0) is 50.7. The standard InChI is InChI=1S/C49H68ClN11O9S2/c50-36-25-35(29-51)43-28-45(61-33-38-27-39(61)30-57-38)47(44(43)26-36)70-40-7-9-41(10-8-40)72(66,67)58-37-12-18-60(32-37)20-24-69-22-16-56-49(63)54-14-4-3-13-53-48(62)55-15-21-68-23-19-59-17-11-34(31-59)42-5-1-2-6-46(42)71(52,64)65/h1-2,5-10,25-26,34,37-39,45,47,57-58H,3-4,11-24,27-28,30-33H2,(H2,52,64,65)(H2,53,55,62)(H2,54,56,63)/t34-,37+,38+,39+,45+,47+/m1/s1. The van der Waals surface area contributed by atoms with Gasteiger partial charge in [-0.15, -0.1) is 0 Å². The van der Waals surface area contributed by atoms with Crippen LogP contribution in [0.5, 0.6) is 5.75 Å². The molecule has 0 radical (unpaired) electrons. The van der Waals surface area contributed by atoms with Gasteiger partial charge < -0.3 is 45.7 Å². The highest BCUT2D eigenvalue weighted by Crippen LogP contribution is 2.44. The Kier molecular flexibility index (Phi) is 18.7. The van der Waals surface area contributed by atoms with Crippen LogP contribution in [-0.4, -0.2) is 173 Å². The Morgan fingerprint density at radius 3 is 2.10 bits per heavy atom. The second-order valence-electron chi connectivity index (χ2n) is 19.2. The fourth-order valence-electron chi connectivity index (χ4n) is 10.7. The molecule has 392 valence electrons. The van der Waals surface area contributed by atoms with E-state index in [1.807, 2.05) is 18.2 Å². The molecule has 4 aliphatic heterocycles. The van der Waals surface area contributed by atoms with Crippen LogP contribution in [0.15, 0.2) is 70.5 Å². The number of carbonyl (C=O) groups excluding carboxylic acids is 2. The maximum absolute atomic E-state index is 13.5. The average molecular weight is 1050 g/mol. The van der Waals surface area contributed by atoms with Gasteiger partial charge in [0.25, 0.3) is 0 Å². The number of hydrogen-bond donors (Lipinski definition) is 7. The number of primary sulfonamides is 1. The maximum atomic E-state index is 13.5. The summed E-state index contributed by atoms with van der Waals surface area (Å²) >= 11 is 6.47. The minimum atomic E-state index is -3.79. The van der Waals surface area contributed by atoms with Crippen molar-refractivity contribution in [2.24, 2.45) is 5.14 Å². The van der Waals surface area contributed by atoms with Crippen molar-refractivity contribution in [2.45, 2.75) is 84.5 Å². The summed E-state index contributed by atoms with van der Waals surface area (Å²) in [6.45, 7) is 9.26. The summed E-state index contributed by atoms with van der Waals surface area (Å²) in [6, 6.07) is 19.4. The highest BCUT2D eigenvalue weighted by atomic mass is 35.5. The lowest BCUT2D eigenvalue weighted by molar-refractivity contribution is 0.0614. The topological polar surface area (TPSA) is 262 Å². The number of rotatable bonds is 25. The molecule has 23 heteroatoms. The van der Waals surface area contributed by atoms with Crippen LogP contribution >= 0.6 is 11.6 Å². The van der Waals surface area contributed by atoms with Crippen molar-refractivity contribution in [3.63, 3.8) is 0 Å². The van der Waals surface area contributed by atoms with Gasteiger partial charge in [-0.2, -0.15) is 5.26 Å². The van der Waals surface area contributed by atoms with E-state index in [1.165, 1.54) is 0 Å². The molecule has 4 fully saturated rings. The van der Waals surface area contributed by atoms with Gasteiger partial charge in [0.1, 0.15) is 11.9 Å². The number of amides is 4. The molecule has 0 aromatic heterocycles. The number of likely N-dealkylation sites (tertiary alicyclic amines) is 3. The van der Waals surface area contributed by atoms with Crippen molar-refractivity contribution in [1.82, 2.24) is 46.0 Å². The highest BCUT2D eigenvalue weighted by Gasteiger charge is 2.48. The molecule has 2 bridgehead atoms. The van der Waals surface area contributed by atoms with Crippen molar-refractivity contribution in [2.75, 3.05) is 105 Å². The molecule has 3 aromatic rings. The number of nitrogens with zero attached hydrogens (tertiary/aromatic N) is 4. The predicted molar refractivity (Wildman–Crippen MR) is 271 cm³/mol. The molecule has 1 aliphatic carbocycles. The molecule has 0 unspecified atom stereocenters. The lowest BCUT2D eigenvalue weighted by Gasteiger charge is -2.36. The minimum Gasteiger partial charge on any atom is -0.484 e. The summed E-state index contributed by atoms with van der Waals surface area (Å²) in [6.07, 6.45) is 4.30. The van der Waals surface area contributed by atoms with Crippen LogP contribution in [0.3, 0.4) is 0 Å². The van der Waals surface area contributed by atoms with Gasteiger partial charge in [0, 0.05) is 88.6 Å². The zero-order valence-electron chi connectivity index (χ0n) is 40.5. The predicted octanol–water partition coefficient (Wildman–Crippen LogP) is 2.20. The number of nitriles is 1. The normalized spacial score (nSPS) is 23.2. The average Bonchev–Trinajstić information content (AvgIpc) is 4.23. The van der Waals surface area contributed by atoms with E-state index in [9.17, 15) is 31.7 Å². The number of hydrogen-bond acceptors (Lipinski definition) is 14. The van der Waals surface area contributed by atoms with Crippen molar-refractivity contribution in [1.29, 1.82) is 5.26 Å². The number of benzene rings is 3. The first-order chi connectivity index (χ1) is 34.7. The number of ether oxygens (including phenoxy) is 3. The first kappa shape index (κ1) is 53.6. The number of sulfonamides is 2. The molecular weight excluding hydrogens is 986 g/mol. The second kappa shape index (κ2) is 25.1. The fourth-order valence-corrected chi connectivity index (χ4v) is 13.0. The van der Waals surface area contributed by atoms with Gasteiger partial charge in [0.05, 0.1) is 53.9 Å². The van der Waals surface area contributed by atoms with E-state index in [2.05, 4.69) is 52.1 Å². The van der Waals surface area contributed by atoms with Crippen molar-refractivity contribution < 1.29 is 40.6 Å². The molecule has 6 atom stereocenters. The molecule has 20 nitrogen and oxygen atoms in total. The lowest BCUT2D eigenvalue weighted by Crippen LogP contribution is -2.50. The number of carbonyl (C=O) groups is 2. The molecule has 72 heavy (non-hydrogen) atoms. The van der Waals surface area contributed by atoms with Crippen LogP contribution < -0.4 is 41.2 Å². The van der Waals surface area contributed by atoms with Gasteiger partial charge in [0.15, 0.2) is 0 Å². The molecule has 8 N–H and O–H groups in total. The summed E-state index contributed by atoms with van der Waals surface area (Å²) < 4.78 is 71.8. The Morgan fingerprint density at radius 2 is 1.46 bits per heavy atom. The number of nitrogens with two attached hydrogens (primary N) is 1. The van der Waals surface area contributed by atoms with Crippen molar-refractivity contribution in [3.8, 4) is 11.8 Å². The van der Waals surface area contributed by atoms with Gasteiger partial charge in [-0.05, 0) is 117 Å². The third-order valence-electron chi connectivity index (χ3n) is 14.2. The Bertz CT molecular complexity index is 2610. The lowest BCUT2D eigenvalue weighted by atomic mass is 9.98. The molecule has 4 saturated heterocycles. The number of urea groups is 2. The number of piperazine rings is 1. The van der Waals surface area contributed by atoms with E-state index in [4.69, 9.17) is 31.0 Å². The fraction of sp³-hybridized carbons (Fsp3) is 0.571. The SMILES string of the molecule is N#Cc1cc(Cl)cc2c1C[C@H](N1C[C@@H]3C[C@H]1CN3)[C@H]2Oc1ccc(S(=O)(=O)N[C@H]2CCN(CCOCCNC(=O)NCCCCNC(=O)NCCOCCN3CC[C@@H](c4ccccc4S(N)(=O)=O)C3)C2)cc1. The van der Waals surface area contributed by atoms with Crippen LogP contribution in [-0.2, 0) is 35.9 Å². The summed E-state index contributed by atoms with van der Waals surface area (Å²) in [7, 11) is -7.57. The minimum absolute atomic E-state index is 0.0310. The Balaban J connectivity index is 0.626. The quantitative estimate of drug-likeness (QED) is 0.0601. The summed E-state index contributed by atoms with van der Waals surface area (Å²) in [4.78, 5) is 31.6. The van der Waals surface area contributed by atoms with Gasteiger partial charge in [-0.3, -0.25) is 9.80 Å². The molecule has 0 spiro atoms. The Morgan fingerprint density at radius 1 is 0.806 bits per heavy atom. The van der Waals surface area contributed by atoms with Gasteiger partial charge in [0.2, 0.25) is 20.0 Å². The van der Waals surface area contributed by atoms with Crippen molar-refractivity contribution >= 4 is 43.7 Å². The van der Waals surface area contributed by atoms with Gasteiger partial charge in [-0.1, -0.05) is 29.8 Å². The van der Waals surface area contributed by atoms with Crippen LogP contribution in [0, 0.1) is 11.3 Å². The molecule has 3 aromatic carbocycles. The molecule has 0 saturated carbocycles. The van der Waals surface area contributed by atoms with Crippen LogP contribution in [0.1, 0.15) is 66.4 Å². The summed E-state index contributed by atoms with van der Waals surface area (Å²) in [5.74, 6) is 0.637. The van der Waals surface area contributed by atoms with E-state index in [1.54, 1.807) is 42.5 Å². The van der Waals surface area contributed by atoms with E-state index in [0.29, 0.717) is 126 Å². The van der Waals surface area contributed by atoms with Crippen molar-refractivity contribution in [3.05, 3.63) is 87.9 Å². The van der Waals surface area contributed by atoms with Crippen LogP contribution in [0.25, 0.3) is 0 Å². The zero-order valence-corrected chi connectivity index (χ0v) is 42.9. The first-order valence-corrected chi connectivity index (χ1v) is 28.4. The summed E-state index contributed by atoms with van der Waals surface area (Å²) in [5, 5.41) is 30.5. The molecule has 4 heterocycles. The molecule has 5 aliphatic rings. The largest absolute Gasteiger partial charge is 0.484 e. The third kappa shape index (κ3) is 14.3. The number of fused-ring (bicyclic) bond motifs is 3. The van der Waals surface area contributed by atoms with Crippen LogP contribution in [0.2, 0.25) is 5.02 Å². The maximum Gasteiger partial charge on any atom is 0.314 e. The van der Waals surface area contributed by atoms with Gasteiger partial charge in [-0.25, -0.2) is 36.3 Å². The van der Waals surface area contributed by atoms with E-state index in [0.717, 1.165) is 62.3 Å². The molecule has 4 amide bonds. The van der Waals surface area contributed by atoms with Gasteiger partial charge >= 0.3 is 12.1 Å². The Hall–Kier alpha value is -4.64. The smallest absolute Gasteiger partial charge is 0.314 e. The van der Waals surface area contributed by atoms with Crippen LogP contribution in [0.4, 0.5) is 9.59 Å². The van der Waals surface area contributed by atoms with E-state index in [-0.39, 0.29) is 46.0 Å². The highest BCUT2D eigenvalue weighted by molar-refractivity contribution is 7.89. The second-order valence-corrected chi connectivity index (χ2v) is 22.9. The number of unbranched alkanes of at least 4 members (excludes halogenated alkanes) is 1. The molecule has 8 rings (SSSR count). The summed E-state index contributed by atoms with van der Waals surface area (Å²) in [5.41, 5.74) is 3.19. The Labute approximate surface area is 428 Å². The number of nitrogens with one attached hydrogen (secondary N) is 6. The third-order valence-corrected chi connectivity index (χ3v) is 17.0. The van der Waals surface area contributed by atoms with E-state index < -0.39 is 20.0 Å². The molecular formula is C49H68ClN11O9S2.